The number of hydrogen-bond acceptors (Lipinski definition) is 3. The molecule has 1 aliphatic rings. The first-order chi connectivity index (χ1) is 14.1. The summed E-state index contributed by atoms with van der Waals surface area (Å²) < 4.78 is 16.0. The molecule has 1 aromatic carbocycles. The average Bonchev–Trinajstić information content (AvgIpc) is 3.05. The predicted molar refractivity (Wildman–Crippen MR) is 109 cm³/mol. The lowest BCUT2D eigenvalue weighted by Crippen LogP contribution is -2.46. The van der Waals surface area contributed by atoms with Crippen LogP contribution in [0.1, 0.15) is 28.5 Å². The Bertz CT molecular complexity index is 1220. The molecule has 1 atom stereocenters. The van der Waals surface area contributed by atoms with Gasteiger partial charge in [0.25, 0.3) is 5.91 Å². The fourth-order valence-corrected chi connectivity index (χ4v) is 3.93. The summed E-state index contributed by atoms with van der Waals surface area (Å²) in [4.78, 5) is 23.7. The quantitative estimate of drug-likeness (QED) is 0.526. The monoisotopic (exact) mass is 386 g/mol. The van der Waals surface area contributed by atoms with Gasteiger partial charge in [0, 0.05) is 42.5 Å². The van der Waals surface area contributed by atoms with Crippen molar-refractivity contribution in [3.8, 4) is 11.3 Å². The van der Waals surface area contributed by atoms with Gasteiger partial charge >= 0.3 is 0 Å². The van der Waals surface area contributed by atoms with Crippen LogP contribution < -0.4 is 0 Å². The highest BCUT2D eigenvalue weighted by molar-refractivity contribution is 5.98. The fraction of sp³-hybridized carbons (Fsp3) is 0.174. The Labute approximate surface area is 167 Å². The summed E-state index contributed by atoms with van der Waals surface area (Å²) in [5, 5.41) is 0.900. The molecule has 1 saturated heterocycles. The lowest BCUT2D eigenvalue weighted by molar-refractivity contribution is 0.0443. The SMILES string of the molecule is Cn1c(C(=O)N2CC[C@@H]2c2ccccc2F)cc2ccc(-c3ccncc3)nc21. The van der Waals surface area contributed by atoms with Crippen molar-refractivity contribution in [2.75, 3.05) is 6.54 Å². The van der Waals surface area contributed by atoms with Gasteiger partial charge < -0.3 is 9.47 Å². The number of carbonyl (C=O) groups excluding carboxylic acids is 1. The van der Waals surface area contributed by atoms with Crippen molar-refractivity contribution < 1.29 is 9.18 Å². The van der Waals surface area contributed by atoms with E-state index in [0.717, 1.165) is 28.7 Å². The Kier molecular flexibility index (Phi) is 4.12. The maximum atomic E-state index is 14.2. The number of benzene rings is 1. The fourth-order valence-electron chi connectivity index (χ4n) is 3.93. The van der Waals surface area contributed by atoms with Gasteiger partial charge in [0.2, 0.25) is 0 Å². The summed E-state index contributed by atoms with van der Waals surface area (Å²) >= 11 is 0. The van der Waals surface area contributed by atoms with E-state index < -0.39 is 0 Å². The summed E-state index contributed by atoms with van der Waals surface area (Å²) in [5.74, 6) is -0.369. The number of fused-ring (bicyclic) bond motifs is 1. The molecule has 0 aliphatic carbocycles. The van der Waals surface area contributed by atoms with E-state index >= 15 is 0 Å². The highest BCUT2D eigenvalue weighted by atomic mass is 19.1. The van der Waals surface area contributed by atoms with Crippen molar-refractivity contribution in [2.24, 2.45) is 7.05 Å². The normalized spacial score (nSPS) is 16.1. The third-order valence-electron chi connectivity index (χ3n) is 5.62. The van der Waals surface area contributed by atoms with Crippen LogP contribution in [-0.4, -0.2) is 31.9 Å². The van der Waals surface area contributed by atoms with E-state index in [9.17, 15) is 9.18 Å². The van der Waals surface area contributed by atoms with E-state index in [1.165, 1.54) is 6.07 Å². The summed E-state index contributed by atoms with van der Waals surface area (Å²) in [5.41, 5.74) is 3.67. The third-order valence-corrected chi connectivity index (χ3v) is 5.62. The minimum Gasteiger partial charge on any atom is -0.330 e. The van der Waals surface area contributed by atoms with Crippen molar-refractivity contribution >= 4 is 16.9 Å². The summed E-state index contributed by atoms with van der Waals surface area (Å²) in [7, 11) is 1.84. The molecule has 144 valence electrons. The predicted octanol–water partition coefficient (Wildman–Crippen LogP) is 4.36. The summed E-state index contributed by atoms with van der Waals surface area (Å²) in [6.07, 6.45) is 4.23. The van der Waals surface area contributed by atoms with Gasteiger partial charge in [-0.15, -0.1) is 0 Å². The molecule has 1 amide bonds. The lowest BCUT2D eigenvalue weighted by Gasteiger charge is -2.41. The number of carbonyl (C=O) groups is 1. The number of aryl methyl sites for hydroxylation is 1. The van der Waals surface area contributed by atoms with E-state index in [4.69, 9.17) is 4.98 Å². The Hall–Kier alpha value is -3.54. The van der Waals surface area contributed by atoms with E-state index in [0.29, 0.717) is 17.8 Å². The van der Waals surface area contributed by atoms with Gasteiger partial charge in [-0.05, 0) is 42.8 Å². The minimum atomic E-state index is -0.268. The number of nitrogens with zero attached hydrogens (tertiary/aromatic N) is 4. The van der Waals surface area contributed by atoms with E-state index in [1.54, 1.807) is 35.5 Å². The zero-order valence-electron chi connectivity index (χ0n) is 15.9. The maximum absolute atomic E-state index is 14.2. The molecule has 5 nitrogen and oxygen atoms in total. The van der Waals surface area contributed by atoms with Crippen molar-refractivity contribution in [2.45, 2.75) is 12.5 Å². The minimum absolute atomic E-state index is 0.101. The van der Waals surface area contributed by atoms with Crippen LogP contribution >= 0.6 is 0 Å². The molecule has 3 aromatic heterocycles. The van der Waals surface area contributed by atoms with Gasteiger partial charge in [-0.3, -0.25) is 9.78 Å². The zero-order chi connectivity index (χ0) is 20.0. The maximum Gasteiger partial charge on any atom is 0.271 e. The number of halogens is 1. The topological polar surface area (TPSA) is 51.0 Å². The first kappa shape index (κ1) is 17.6. The van der Waals surface area contributed by atoms with Crippen LogP contribution in [-0.2, 0) is 7.05 Å². The number of hydrogen-bond donors (Lipinski definition) is 0. The van der Waals surface area contributed by atoms with Crippen LogP contribution in [0.5, 0.6) is 0 Å². The molecule has 0 saturated carbocycles. The Morgan fingerprint density at radius 3 is 2.62 bits per heavy atom. The lowest BCUT2D eigenvalue weighted by atomic mass is 9.94. The van der Waals surface area contributed by atoms with Crippen LogP contribution in [0.4, 0.5) is 4.39 Å². The highest BCUT2D eigenvalue weighted by Crippen LogP contribution is 2.36. The van der Waals surface area contributed by atoms with Crippen LogP contribution in [0.25, 0.3) is 22.3 Å². The van der Waals surface area contributed by atoms with Crippen molar-refractivity contribution in [1.82, 2.24) is 19.4 Å². The van der Waals surface area contributed by atoms with Gasteiger partial charge in [0.05, 0.1) is 11.7 Å². The van der Waals surface area contributed by atoms with Crippen LogP contribution in [0.2, 0.25) is 0 Å². The zero-order valence-corrected chi connectivity index (χ0v) is 15.9. The molecule has 29 heavy (non-hydrogen) atoms. The van der Waals surface area contributed by atoms with Crippen molar-refractivity contribution in [3.63, 3.8) is 0 Å². The average molecular weight is 386 g/mol. The number of aromatic nitrogens is 3. The molecule has 1 aliphatic heterocycles. The molecule has 0 unspecified atom stereocenters. The van der Waals surface area contributed by atoms with Crippen LogP contribution in [0.15, 0.2) is 67.0 Å². The molecule has 0 N–H and O–H groups in total. The molecule has 1 fully saturated rings. The van der Waals surface area contributed by atoms with Gasteiger partial charge in [0.15, 0.2) is 0 Å². The molecule has 4 aromatic rings. The van der Waals surface area contributed by atoms with E-state index in [2.05, 4.69) is 4.98 Å². The first-order valence-corrected chi connectivity index (χ1v) is 9.56. The third kappa shape index (κ3) is 2.88. The van der Waals surface area contributed by atoms with Crippen LogP contribution in [0.3, 0.4) is 0 Å². The molecule has 0 spiro atoms. The molecule has 6 heteroatoms. The summed E-state index contributed by atoms with van der Waals surface area (Å²) in [6, 6.07) is 16.0. The number of rotatable bonds is 3. The molecular formula is C23H19FN4O. The Balaban J connectivity index is 1.49. The van der Waals surface area contributed by atoms with Crippen LogP contribution in [0, 0.1) is 5.82 Å². The molecular weight excluding hydrogens is 367 g/mol. The molecule has 0 bridgehead atoms. The largest absolute Gasteiger partial charge is 0.330 e. The molecule has 0 radical (unpaired) electrons. The van der Waals surface area contributed by atoms with Gasteiger partial charge in [-0.2, -0.15) is 0 Å². The second-order valence-electron chi connectivity index (χ2n) is 7.26. The highest BCUT2D eigenvalue weighted by Gasteiger charge is 2.36. The second kappa shape index (κ2) is 6.81. The van der Waals surface area contributed by atoms with Crippen molar-refractivity contribution in [1.29, 1.82) is 0 Å². The van der Waals surface area contributed by atoms with E-state index in [-0.39, 0.29) is 17.8 Å². The standard InChI is InChI=1S/C23H19FN4O/c1-27-21(23(29)28-13-10-20(28)17-4-2-3-5-18(17)24)14-16-6-7-19(26-22(16)27)15-8-11-25-12-9-15/h2-9,11-12,14,20H,10,13H2,1H3/t20-/m1/s1. The number of pyridine rings is 2. The molecule has 5 rings (SSSR count). The Morgan fingerprint density at radius 2 is 1.90 bits per heavy atom. The number of amides is 1. The molecule has 4 heterocycles. The first-order valence-electron chi connectivity index (χ1n) is 9.56. The Morgan fingerprint density at radius 1 is 1.10 bits per heavy atom. The van der Waals surface area contributed by atoms with E-state index in [1.807, 2.05) is 41.9 Å². The summed E-state index contributed by atoms with van der Waals surface area (Å²) in [6.45, 7) is 0.620. The van der Waals surface area contributed by atoms with Gasteiger partial charge in [-0.1, -0.05) is 18.2 Å². The van der Waals surface area contributed by atoms with Gasteiger partial charge in [0.1, 0.15) is 17.2 Å². The second-order valence-corrected chi connectivity index (χ2v) is 7.26. The van der Waals surface area contributed by atoms with Crippen molar-refractivity contribution in [3.05, 3.63) is 84.1 Å². The van der Waals surface area contributed by atoms with Gasteiger partial charge in [-0.25, -0.2) is 9.37 Å². The number of likely N-dealkylation sites (tertiary alicyclic amines) is 1. The smallest absolute Gasteiger partial charge is 0.271 e.